The predicted molar refractivity (Wildman–Crippen MR) is 129 cm³/mol. The number of imidazole rings is 1. The number of hydrogen-bond acceptors (Lipinski definition) is 5. The highest BCUT2D eigenvalue weighted by atomic mass is 19.1. The summed E-state index contributed by atoms with van der Waals surface area (Å²) < 4.78 is 33.5. The second-order valence-electron chi connectivity index (χ2n) is 9.08. The predicted octanol–water partition coefficient (Wildman–Crippen LogP) is 4.19. The van der Waals surface area contributed by atoms with Gasteiger partial charge in [0, 0.05) is 61.4 Å². The minimum Gasteiger partial charge on any atom is -0.343 e. The van der Waals surface area contributed by atoms with Crippen molar-refractivity contribution in [1.29, 1.82) is 0 Å². The van der Waals surface area contributed by atoms with Crippen LogP contribution in [-0.2, 0) is 11.2 Å². The van der Waals surface area contributed by atoms with E-state index < -0.39 is 11.6 Å². The van der Waals surface area contributed by atoms with Crippen molar-refractivity contribution in [3.63, 3.8) is 0 Å². The number of carbonyl (C=O) groups is 1. The number of aromatic nitrogens is 6. The van der Waals surface area contributed by atoms with Gasteiger partial charge in [0.05, 0.1) is 35.3 Å². The first-order chi connectivity index (χ1) is 17.5. The zero-order valence-corrected chi connectivity index (χ0v) is 19.6. The SMILES string of the molecule is CC(=O)N1CCC(n2cc(-c3ccc4ncc(Cc5c(F)cc6ncccc6c5F)n4n3)cn2)CC1. The molecule has 1 aliphatic rings. The smallest absolute Gasteiger partial charge is 0.219 e. The van der Waals surface area contributed by atoms with Gasteiger partial charge in [0.1, 0.15) is 11.6 Å². The molecule has 1 amide bonds. The average molecular weight is 488 g/mol. The molecule has 0 radical (unpaired) electrons. The van der Waals surface area contributed by atoms with Crippen LogP contribution in [0.25, 0.3) is 27.8 Å². The van der Waals surface area contributed by atoms with Crippen molar-refractivity contribution < 1.29 is 13.6 Å². The van der Waals surface area contributed by atoms with Gasteiger partial charge in [-0.1, -0.05) is 0 Å². The molecule has 6 rings (SSSR count). The molecule has 10 heteroatoms. The highest BCUT2D eigenvalue weighted by molar-refractivity contribution is 5.80. The number of nitrogens with zero attached hydrogens (tertiary/aromatic N) is 7. The van der Waals surface area contributed by atoms with Crippen LogP contribution in [0.15, 0.2) is 55.1 Å². The molecule has 0 atom stereocenters. The average Bonchev–Trinajstić information content (AvgIpc) is 3.54. The highest BCUT2D eigenvalue weighted by Crippen LogP contribution is 2.27. The summed E-state index contributed by atoms with van der Waals surface area (Å²) in [5.74, 6) is -1.17. The van der Waals surface area contributed by atoms with Crippen LogP contribution in [0.3, 0.4) is 0 Å². The maximum atomic E-state index is 15.2. The van der Waals surface area contributed by atoms with E-state index >= 15 is 4.39 Å². The van der Waals surface area contributed by atoms with Crippen molar-refractivity contribution in [3.05, 3.63) is 78.0 Å². The Labute approximate surface area is 205 Å². The monoisotopic (exact) mass is 487 g/mol. The number of piperidine rings is 1. The molecule has 36 heavy (non-hydrogen) atoms. The first kappa shape index (κ1) is 22.3. The van der Waals surface area contributed by atoms with Crippen LogP contribution in [0.5, 0.6) is 0 Å². The number of benzene rings is 1. The number of halogens is 2. The maximum Gasteiger partial charge on any atom is 0.219 e. The minimum absolute atomic E-state index is 0.00585. The molecule has 1 aromatic carbocycles. The lowest BCUT2D eigenvalue weighted by Gasteiger charge is -2.31. The molecule has 1 aliphatic heterocycles. The van der Waals surface area contributed by atoms with E-state index in [1.807, 2.05) is 27.9 Å². The summed E-state index contributed by atoms with van der Waals surface area (Å²) in [5.41, 5.74) is 2.89. The Morgan fingerprint density at radius 2 is 1.94 bits per heavy atom. The Balaban J connectivity index is 1.29. The number of amides is 1. The van der Waals surface area contributed by atoms with Crippen LogP contribution in [0, 0.1) is 11.6 Å². The summed E-state index contributed by atoms with van der Waals surface area (Å²) in [6, 6.07) is 8.37. The standard InChI is InChI=1S/C26H23F2N7O/c1-16(36)33-9-6-18(7-10-33)34-15-17(13-31-34)23-4-5-25-30-14-19(35(25)32-23)11-21-22(27)12-24-20(26(21)28)3-2-8-29-24/h2-5,8,12-15,18H,6-7,9-11H2,1H3. The topological polar surface area (TPSA) is 81.2 Å². The maximum absolute atomic E-state index is 15.2. The normalized spacial score (nSPS) is 14.7. The first-order valence-corrected chi connectivity index (χ1v) is 11.8. The molecular formula is C26H23F2N7O. The van der Waals surface area contributed by atoms with Crippen LogP contribution in [0.2, 0.25) is 0 Å². The summed E-state index contributed by atoms with van der Waals surface area (Å²) in [7, 11) is 0. The number of pyridine rings is 1. The van der Waals surface area contributed by atoms with Crippen molar-refractivity contribution in [1.82, 2.24) is 34.3 Å². The number of hydrogen-bond donors (Lipinski definition) is 0. The summed E-state index contributed by atoms with van der Waals surface area (Å²) in [6.45, 7) is 3.03. The molecule has 0 spiro atoms. The van der Waals surface area contributed by atoms with Crippen LogP contribution >= 0.6 is 0 Å². The molecule has 5 aromatic rings. The van der Waals surface area contributed by atoms with Crippen LogP contribution in [0.4, 0.5) is 8.78 Å². The van der Waals surface area contributed by atoms with Gasteiger partial charge in [-0.15, -0.1) is 0 Å². The highest BCUT2D eigenvalue weighted by Gasteiger charge is 2.23. The fourth-order valence-electron chi connectivity index (χ4n) is 4.85. The van der Waals surface area contributed by atoms with Gasteiger partial charge < -0.3 is 4.90 Å². The van der Waals surface area contributed by atoms with Gasteiger partial charge in [-0.2, -0.15) is 10.2 Å². The van der Waals surface area contributed by atoms with E-state index in [4.69, 9.17) is 5.10 Å². The molecule has 4 aromatic heterocycles. The second kappa shape index (κ2) is 8.78. The van der Waals surface area contributed by atoms with Crippen molar-refractivity contribution in [2.24, 2.45) is 0 Å². The molecule has 5 heterocycles. The lowest BCUT2D eigenvalue weighted by atomic mass is 10.0. The van der Waals surface area contributed by atoms with E-state index in [0.717, 1.165) is 31.5 Å². The van der Waals surface area contributed by atoms with Gasteiger partial charge in [-0.25, -0.2) is 18.3 Å². The Kier molecular flexibility index (Phi) is 5.43. The van der Waals surface area contributed by atoms with E-state index in [-0.39, 0.29) is 34.8 Å². The molecule has 8 nitrogen and oxygen atoms in total. The molecular weight excluding hydrogens is 464 g/mol. The largest absolute Gasteiger partial charge is 0.343 e. The zero-order chi connectivity index (χ0) is 24.8. The van der Waals surface area contributed by atoms with E-state index in [1.54, 1.807) is 36.0 Å². The van der Waals surface area contributed by atoms with E-state index in [2.05, 4.69) is 15.1 Å². The number of carbonyl (C=O) groups excluding carboxylic acids is 1. The summed E-state index contributed by atoms with van der Waals surface area (Å²) in [6.07, 6.45) is 8.49. The lowest BCUT2D eigenvalue weighted by molar-refractivity contribution is -0.130. The Bertz CT molecular complexity index is 1600. The molecule has 1 saturated heterocycles. The molecule has 0 N–H and O–H groups in total. The molecule has 182 valence electrons. The molecule has 0 unspecified atom stereocenters. The summed E-state index contributed by atoms with van der Waals surface area (Å²) >= 11 is 0. The fraction of sp³-hybridized carbons (Fsp3) is 0.269. The van der Waals surface area contributed by atoms with Crippen LogP contribution in [-0.4, -0.2) is 53.3 Å². The number of rotatable bonds is 4. The molecule has 0 aliphatic carbocycles. The lowest BCUT2D eigenvalue weighted by Crippen LogP contribution is -2.37. The number of fused-ring (bicyclic) bond motifs is 2. The fourth-order valence-corrected chi connectivity index (χ4v) is 4.85. The third kappa shape index (κ3) is 3.88. The Morgan fingerprint density at radius 1 is 1.11 bits per heavy atom. The van der Waals surface area contributed by atoms with Crippen molar-refractivity contribution in [3.8, 4) is 11.3 Å². The quantitative estimate of drug-likeness (QED) is 0.380. The van der Waals surface area contributed by atoms with E-state index in [9.17, 15) is 9.18 Å². The van der Waals surface area contributed by atoms with Crippen molar-refractivity contribution in [2.75, 3.05) is 13.1 Å². The van der Waals surface area contributed by atoms with Crippen molar-refractivity contribution >= 4 is 22.5 Å². The first-order valence-electron chi connectivity index (χ1n) is 11.8. The van der Waals surface area contributed by atoms with Gasteiger partial charge >= 0.3 is 0 Å². The van der Waals surface area contributed by atoms with Gasteiger partial charge in [0.15, 0.2) is 5.65 Å². The summed E-state index contributed by atoms with van der Waals surface area (Å²) in [4.78, 5) is 21.9. The third-order valence-corrected chi connectivity index (χ3v) is 6.86. The van der Waals surface area contributed by atoms with Gasteiger partial charge in [-0.3, -0.25) is 14.5 Å². The van der Waals surface area contributed by atoms with Crippen LogP contribution in [0.1, 0.15) is 37.1 Å². The van der Waals surface area contributed by atoms with E-state index in [1.165, 1.54) is 12.3 Å². The van der Waals surface area contributed by atoms with E-state index in [0.29, 0.717) is 17.0 Å². The third-order valence-electron chi connectivity index (χ3n) is 6.86. The van der Waals surface area contributed by atoms with Gasteiger partial charge in [0.25, 0.3) is 0 Å². The minimum atomic E-state index is -0.651. The molecule has 0 bridgehead atoms. The number of likely N-dealkylation sites (tertiary alicyclic amines) is 1. The molecule has 1 fully saturated rings. The van der Waals surface area contributed by atoms with Gasteiger partial charge in [-0.05, 0) is 37.1 Å². The summed E-state index contributed by atoms with van der Waals surface area (Å²) in [5, 5.41) is 9.52. The Hall–Kier alpha value is -4.21. The Morgan fingerprint density at radius 3 is 2.75 bits per heavy atom. The zero-order valence-electron chi connectivity index (χ0n) is 19.6. The van der Waals surface area contributed by atoms with Crippen molar-refractivity contribution in [2.45, 2.75) is 32.2 Å². The van der Waals surface area contributed by atoms with Crippen LogP contribution < -0.4 is 0 Å². The van der Waals surface area contributed by atoms with Gasteiger partial charge in [0.2, 0.25) is 5.91 Å². The second-order valence-corrected chi connectivity index (χ2v) is 9.08. The molecule has 0 saturated carbocycles.